The van der Waals surface area contributed by atoms with E-state index < -0.39 is 22.2 Å². The molecule has 0 saturated heterocycles. The van der Waals surface area contributed by atoms with E-state index in [0.29, 0.717) is 17.1 Å². The van der Waals surface area contributed by atoms with Crippen LogP contribution in [0.4, 0.5) is 0 Å². The van der Waals surface area contributed by atoms with Gasteiger partial charge in [-0.15, -0.1) is 11.3 Å². The van der Waals surface area contributed by atoms with Gasteiger partial charge in [0.1, 0.15) is 0 Å². The monoisotopic (exact) mass is 324 g/mol. The topological polar surface area (TPSA) is 79.3 Å². The molecule has 112 valence electrons. The van der Waals surface area contributed by atoms with Crippen molar-refractivity contribution in [2.24, 2.45) is 0 Å². The van der Waals surface area contributed by atoms with Gasteiger partial charge in [0.05, 0.1) is 22.8 Å². The largest absolute Gasteiger partial charge is 0.391 e. The van der Waals surface area contributed by atoms with Crippen molar-refractivity contribution in [1.29, 1.82) is 0 Å². The number of aromatic nitrogens is 1. The lowest BCUT2D eigenvalue weighted by Crippen LogP contribution is -2.33. The summed E-state index contributed by atoms with van der Waals surface area (Å²) in [5, 5.41) is 10.9. The van der Waals surface area contributed by atoms with Gasteiger partial charge in [0.2, 0.25) is 0 Å². The van der Waals surface area contributed by atoms with Crippen molar-refractivity contribution in [3.05, 3.63) is 46.1 Å². The first-order valence-electron chi connectivity index (χ1n) is 6.61. The Labute approximate surface area is 127 Å². The van der Waals surface area contributed by atoms with Gasteiger partial charge in [-0.05, 0) is 25.0 Å². The fraction of sp³-hybridized carbons (Fsp3) is 0.357. The summed E-state index contributed by atoms with van der Waals surface area (Å²) in [5.41, 5.74) is 2.31. The zero-order valence-corrected chi connectivity index (χ0v) is 13.3. The smallest absolute Gasteiger partial charge is 0.252 e. The van der Waals surface area contributed by atoms with Gasteiger partial charge in [0.25, 0.3) is 10.0 Å². The molecule has 0 fully saturated rings. The van der Waals surface area contributed by atoms with E-state index in [1.165, 1.54) is 0 Å². The Morgan fingerprint density at radius 2 is 2.05 bits per heavy atom. The molecule has 7 heteroatoms. The number of thiazole rings is 1. The number of hydrogen-bond donors (Lipinski definition) is 2. The van der Waals surface area contributed by atoms with Gasteiger partial charge < -0.3 is 5.11 Å². The maximum Gasteiger partial charge on any atom is 0.252 e. The highest BCUT2D eigenvalue weighted by Crippen LogP contribution is 2.33. The minimum absolute atomic E-state index is 0.219. The van der Waals surface area contributed by atoms with Crippen LogP contribution in [0.1, 0.15) is 27.9 Å². The lowest BCUT2D eigenvalue weighted by Gasteiger charge is -2.17. The molecule has 0 amide bonds. The van der Waals surface area contributed by atoms with Crippen molar-refractivity contribution >= 4 is 21.4 Å². The molecule has 0 unspecified atom stereocenters. The first-order chi connectivity index (χ1) is 9.88. The Morgan fingerprint density at radius 1 is 1.33 bits per heavy atom. The molecule has 1 aliphatic carbocycles. The van der Waals surface area contributed by atoms with Crippen LogP contribution in [-0.2, 0) is 16.4 Å². The second-order valence-corrected chi connectivity index (χ2v) is 8.29. The molecule has 0 spiro atoms. The zero-order valence-electron chi connectivity index (χ0n) is 11.7. The Kier molecular flexibility index (Phi) is 3.61. The minimum atomic E-state index is -3.68. The number of sulfonamides is 1. The van der Waals surface area contributed by atoms with Crippen LogP contribution in [0.25, 0.3) is 0 Å². The van der Waals surface area contributed by atoms with E-state index in [9.17, 15) is 13.5 Å². The molecule has 1 heterocycles. The van der Waals surface area contributed by atoms with E-state index in [4.69, 9.17) is 0 Å². The predicted molar refractivity (Wildman–Crippen MR) is 80.8 cm³/mol. The van der Waals surface area contributed by atoms with Gasteiger partial charge in [-0.3, -0.25) is 0 Å². The molecule has 2 atom stereocenters. The van der Waals surface area contributed by atoms with Crippen LogP contribution < -0.4 is 4.72 Å². The van der Waals surface area contributed by atoms with Crippen molar-refractivity contribution in [3.63, 3.8) is 0 Å². The maximum absolute atomic E-state index is 12.5. The summed E-state index contributed by atoms with van der Waals surface area (Å²) in [6.45, 7) is 3.45. The molecule has 3 rings (SSSR count). The predicted octanol–water partition coefficient (Wildman–Crippen LogP) is 1.70. The van der Waals surface area contributed by atoms with E-state index >= 15 is 0 Å². The minimum Gasteiger partial charge on any atom is -0.391 e. The summed E-state index contributed by atoms with van der Waals surface area (Å²) in [4.78, 5) is 4.15. The highest BCUT2D eigenvalue weighted by Gasteiger charge is 2.35. The molecular formula is C14H16N2O3S2. The number of rotatable bonds is 3. The number of nitrogens with zero attached hydrogens (tertiary/aromatic N) is 1. The quantitative estimate of drug-likeness (QED) is 0.900. The van der Waals surface area contributed by atoms with Gasteiger partial charge in [-0.1, -0.05) is 24.3 Å². The Hall–Kier alpha value is -1.28. The van der Waals surface area contributed by atoms with Crippen LogP contribution in [0.2, 0.25) is 0 Å². The van der Waals surface area contributed by atoms with E-state index in [1.807, 2.05) is 24.3 Å². The summed E-state index contributed by atoms with van der Waals surface area (Å²) in [6, 6.07) is 6.89. The molecule has 0 saturated carbocycles. The Balaban J connectivity index is 1.95. The number of hydrogen-bond acceptors (Lipinski definition) is 5. The first kappa shape index (κ1) is 14.6. The highest BCUT2D eigenvalue weighted by molar-refractivity contribution is 7.91. The molecule has 2 N–H and O–H groups in total. The number of benzene rings is 1. The molecule has 0 aliphatic heterocycles. The SMILES string of the molecule is Cc1nc(C)c(S(=O)(=O)N[C@@H]2c3ccccc3C[C@H]2O)s1. The summed E-state index contributed by atoms with van der Waals surface area (Å²) in [7, 11) is -3.68. The zero-order chi connectivity index (χ0) is 15.2. The van der Waals surface area contributed by atoms with Crippen LogP contribution in [-0.4, -0.2) is 24.6 Å². The number of nitrogens with one attached hydrogen (secondary N) is 1. The Morgan fingerprint density at radius 3 is 2.71 bits per heavy atom. The average molecular weight is 324 g/mol. The second-order valence-electron chi connectivity index (χ2n) is 5.17. The fourth-order valence-electron chi connectivity index (χ4n) is 2.70. The fourth-order valence-corrected chi connectivity index (χ4v) is 5.45. The van der Waals surface area contributed by atoms with E-state index in [1.54, 1.807) is 13.8 Å². The van der Waals surface area contributed by atoms with E-state index in [2.05, 4.69) is 9.71 Å². The highest BCUT2D eigenvalue weighted by atomic mass is 32.2. The van der Waals surface area contributed by atoms with Gasteiger partial charge in [0, 0.05) is 6.42 Å². The summed E-state index contributed by atoms with van der Waals surface area (Å²) >= 11 is 1.14. The van der Waals surface area contributed by atoms with Crippen molar-refractivity contribution in [3.8, 4) is 0 Å². The third kappa shape index (κ3) is 2.62. The van der Waals surface area contributed by atoms with Crippen LogP contribution in [0.3, 0.4) is 0 Å². The van der Waals surface area contributed by atoms with Crippen molar-refractivity contribution < 1.29 is 13.5 Å². The summed E-state index contributed by atoms with van der Waals surface area (Å²) < 4.78 is 27.9. The van der Waals surface area contributed by atoms with E-state index in [-0.39, 0.29) is 4.21 Å². The van der Waals surface area contributed by atoms with Crippen molar-refractivity contribution in [2.75, 3.05) is 0 Å². The first-order valence-corrected chi connectivity index (χ1v) is 8.90. The Bertz CT molecular complexity index is 783. The second kappa shape index (κ2) is 5.17. The third-order valence-electron chi connectivity index (χ3n) is 3.59. The number of fused-ring (bicyclic) bond motifs is 1. The molecule has 5 nitrogen and oxygen atoms in total. The van der Waals surface area contributed by atoms with Crippen LogP contribution >= 0.6 is 11.3 Å². The normalized spacial score (nSPS) is 21.5. The van der Waals surface area contributed by atoms with Gasteiger partial charge in [-0.25, -0.2) is 18.1 Å². The molecule has 21 heavy (non-hydrogen) atoms. The summed E-state index contributed by atoms with van der Waals surface area (Å²) in [5.74, 6) is 0. The molecule has 0 bridgehead atoms. The van der Waals surface area contributed by atoms with Crippen molar-refractivity contribution in [2.45, 2.75) is 36.6 Å². The molecule has 1 aromatic heterocycles. The van der Waals surface area contributed by atoms with Gasteiger partial charge in [-0.2, -0.15) is 0 Å². The van der Waals surface area contributed by atoms with E-state index in [0.717, 1.165) is 22.5 Å². The lowest BCUT2D eigenvalue weighted by molar-refractivity contribution is 0.151. The van der Waals surface area contributed by atoms with Crippen molar-refractivity contribution in [1.82, 2.24) is 9.71 Å². The number of aryl methyl sites for hydroxylation is 2. The van der Waals surface area contributed by atoms with Crippen LogP contribution in [0.15, 0.2) is 28.5 Å². The maximum atomic E-state index is 12.5. The average Bonchev–Trinajstić information content (AvgIpc) is 2.91. The molecule has 1 aliphatic rings. The van der Waals surface area contributed by atoms with Crippen LogP contribution in [0, 0.1) is 13.8 Å². The number of aliphatic hydroxyl groups excluding tert-OH is 1. The van der Waals surface area contributed by atoms with Gasteiger partial charge in [0.15, 0.2) is 4.21 Å². The van der Waals surface area contributed by atoms with Gasteiger partial charge >= 0.3 is 0 Å². The summed E-state index contributed by atoms with van der Waals surface area (Å²) in [6.07, 6.45) is -0.282. The molecule has 2 aromatic rings. The lowest BCUT2D eigenvalue weighted by atomic mass is 10.1. The molecule has 1 aromatic carbocycles. The number of aliphatic hydroxyl groups is 1. The standard InChI is InChI=1S/C14H16N2O3S2/c1-8-14(20-9(2)15-8)21(18,19)16-13-11-6-4-3-5-10(11)7-12(13)17/h3-6,12-13,16-17H,7H2,1-2H3/t12-,13-/m1/s1. The molecule has 0 radical (unpaired) electrons. The third-order valence-corrected chi connectivity index (χ3v) is 6.71. The molecular weight excluding hydrogens is 308 g/mol. The van der Waals surface area contributed by atoms with Crippen LogP contribution in [0.5, 0.6) is 0 Å².